The highest BCUT2D eigenvalue weighted by Crippen LogP contribution is 2.34. The molecular formula is C16H15BrClN. The Labute approximate surface area is 127 Å². The Morgan fingerprint density at radius 2 is 2.05 bits per heavy atom. The van der Waals surface area contributed by atoms with Crippen LogP contribution < -0.4 is 5.32 Å². The van der Waals surface area contributed by atoms with Crippen molar-refractivity contribution in [1.29, 1.82) is 0 Å². The molecule has 0 saturated carbocycles. The summed E-state index contributed by atoms with van der Waals surface area (Å²) in [6.45, 7) is 1.92. The topological polar surface area (TPSA) is 12.0 Å². The molecule has 1 nitrogen and oxygen atoms in total. The van der Waals surface area contributed by atoms with E-state index in [4.69, 9.17) is 11.6 Å². The lowest BCUT2D eigenvalue weighted by atomic mass is 9.77. The molecule has 98 valence electrons. The normalized spacial score (nSPS) is 16.8. The van der Waals surface area contributed by atoms with Crippen LogP contribution in [0.4, 0.5) is 0 Å². The predicted molar refractivity (Wildman–Crippen MR) is 83.7 cm³/mol. The average Bonchev–Trinajstić information content (AvgIpc) is 2.39. The summed E-state index contributed by atoms with van der Waals surface area (Å²) in [6, 6.07) is 14.8. The number of fused-ring (bicyclic) bond motifs is 1. The highest BCUT2D eigenvalue weighted by atomic mass is 79.9. The van der Waals surface area contributed by atoms with Gasteiger partial charge in [-0.1, -0.05) is 41.9 Å². The molecule has 2 aromatic rings. The minimum absolute atomic E-state index is 0.673. The van der Waals surface area contributed by atoms with Gasteiger partial charge in [-0.05, 0) is 51.2 Å². The summed E-state index contributed by atoms with van der Waals surface area (Å²) in [7, 11) is 0. The summed E-state index contributed by atoms with van der Waals surface area (Å²) in [5.74, 6) is 0.673. The zero-order valence-electron chi connectivity index (χ0n) is 10.5. The lowest BCUT2D eigenvalue weighted by Gasteiger charge is -2.30. The second-order valence-electron chi connectivity index (χ2n) is 4.98. The van der Waals surface area contributed by atoms with Crippen LogP contribution in [0.2, 0.25) is 5.02 Å². The van der Waals surface area contributed by atoms with E-state index in [1.54, 1.807) is 0 Å². The molecule has 0 amide bonds. The maximum absolute atomic E-state index is 5.99. The van der Waals surface area contributed by atoms with E-state index in [1.165, 1.54) is 23.1 Å². The lowest BCUT2D eigenvalue weighted by molar-refractivity contribution is 0.535. The van der Waals surface area contributed by atoms with E-state index in [9.17, 15) is 0 Å². The van der Waals surface area contributed by atoms with Crippen LogP contribution in [0.5, 0.6) is 0 Å². The fourth-order valence-corrected chi connectivity index (χ4v) is 3.13. The van der Waals surface area contributed by atoms with Crippen LogP contribution in [0.1, 0.15) is 22.6 Å². The molecule has 3 heteroatoms. The van der Waals surface area contributed by atoms with Gasteiger partial charge in [-0.25, -0.2) is 0 Å². The zero-order valence-corrected chi connectivity index (χ0v) is 12.8. The first-order chi connectivity index (χ1) is 9.24. The van der Waals surface area contributed by atoms with E-state index in [0.717, 1.165) is 22.6 Å². The van der Waals surface area contributed by atoms with E-state index < -0.39 is 0 Å². The molecule has 19 heavy (non-hydrogen) atoms. The van der Waals surface area contributed by atoms with Crippen molar-refractivity contribution in [3.05, 3.63) is 68.7 Å². The van der Waals surface area contributed by atoms with Crippen molar-refractivity contribution in [3.8, 4) is 0 Å². The Morgan fingerprint density at radius 1 is 1.21 bits per heavy atom. The number of halogens is 2. The van der Waals surface area contributed by atoms with Gasteiger partial charge < -0.3 is 5.32 Å². The standard InChI is InChI=1S/C16H15BrClN/c17-15-7-11(5-6-16(15)18)9-19-10-13-8-12-3-1-2-4-14(12)13/h1-7,13,19H,8-10H2. The number of nitrogens with one attached hydrogen (secondary N) is 1. The van der Waals surface area contributed by atoms with Crippen LogP contribution in [0.25, 0.3) is 0 Å². The largest absolute Gasteiger partial charge is 0.312 e. The zero-order chi connectivity index (χ0) is 13.2. The smallest absolute Gasteiger partial charge is 0.0548 e. The van der Waals surface area contributed by atoms with E-state index in [-0.39, 0.29) is 0 Å². The SMILES string of the molecule is Clc1ccc(CNCC2Cc3ccccc32)cc1Br. The second kappa shape index (κ2) is 5.66. The minimum atomic E-state index is 0.673. The van der Waals surface area contributed by atoms with Gasteiger partial charge in [0.2, 0.25) is 0 Å². The van der Waals surface area contributed by atoms with Crippen molar-refractivity contribution < 1.29 is 0 Å². The third-order valence-corrected chi connectivity index (χ3v) is 4.88. The molecule has 0 aliphatic heterocycles. The summed E-state index contributed by atoms with van der Waals surface area (Å²) < 4.78 is 0.961. The molecule has 0 fully saturated rings. The van der Waals surface area contributed by atoms with Gasteiger partial charge in [-0.3, -0.25) is 0 Å². The van der Waals surface area contributed by atoms with Crippen molar-refractivity contribution in [1.82, 2.24) is 5.32 Å². The third kappa shape index (κ3) is 2.86. The molecule has 0 radical (unpaired) electrons. The molecule has 1 N–H and O–H groups in total. The second-order valence-corrected chi connectivity index (χ2v) is 6.24. The Kier molecular flexibility index (Phi) is 3.92. The van der Waals surface area contributed by atoms with Crippen molar-refractivity contribution in [2.24, 2.45) is 0 Å². The van der Waals surface area contributed by atoms with Crippen LogP contribution in [-0.2, 0) is 13.0 Å². The van der Waals surface area contributed by atoms with Crippen LogP contribution in [0.3, 0.4) is 0 Å². The molecule has 3 rings (SSSR count). The van der Waals surface area contributed by atoms with Gasteiger partial charge >= 0.3 is 0 Å². The van der Waals surface area contributed by atoms with Crippen molar-refractivity contribution in [2.45, 2.75) is 18.9 Å². The van der Waals surface area contributed by atoms with Gasteiger partial charge in [0.1, 0.15) is 0 Å². The number of hydrogen-bond acceptors (Lipinski definition) is 1. The quantitative estimate of drug-likeness (QED) is 0.865. The molecule has 0 saturated heterocycles. The summed E-state index contributed by atoms with van der Waals surface area (Å²) >= 11 is 9.44. The molecular weight excluding hydrogens is 322 g/mol. The molecule has 1 atom stereocenters. The molecule has 0 aromatic heterocycles. The Morgan fingerprint density at radius 3 is 2.84 bits per heavy atom. The minimum Gasteiger partial charge on any atom is -0.312 e. The van der Waals surface area contributed by atoms with E-state index in [2.05, 4.69) is 57.6 Å². The maximum atomic E-state index is 5.99. The molecule has 2 aromatic carbocycles. The van der Waals surface area contributed by atoms with Crippen LogP contribution in [-0.4, -0.2) is 6.54 Å². The van der Waals surface area contributed by atoms with Crippen molar-refractivity contribution in [3.63, 3.8) is 0 Å². The number of rotatable bonds is 4. The summed E-state index contributed by atoms with van der Waals surface area (Å²) in [5.41, 5.74) is 4.26. The fraction of sp³-hybridized carbons (Fsp3) is 0.250. The average molecular weight is 337 g/mol. The van der Waals surface area contributed by atoms with E-state index in [1.807, 2.05) is 6.07 Å². The molecule has 1 aliphatic carbocycles. The van der Waals surface area contributed by atoms with E-state index >= 15 is 0 Å². The number of hydrogen-bond donors (Lipinski definition) is 1. The van der Waals surface area contributed by atoms with Gasteiger partial charge in [0, 0.05) is 23.5 Å². The van der Waals surface area contributed by atoms with Gasteiger partial charge in [0.25, 0.3) is 0 Å². The van der Waals surface area contributed by atoms with Gasteiger partial charge in [-0.2, -0.15) is 0 Å². The van der Waals surface area contributed by atoms with Gasteiger partial charge in [0.05, 0.1) is 5.02 Å². The van der Waals surface area contributed by atoms with Crippen LogP contribution >= 0.6 is 27.5 Å². The maximum Gasteiger partial charge on any atom is 0.0548 e. The van der Waals surface area contributed by atoms with Crippen molar-refractivity contribution in [2.75, 3.05) is 6.54 Å². The van der Waals surface area contributed by atoms with Gasteiger partial charge in [-0.15, -0.1) is 0 Å². The molecule has 0 spiro atoms. The number of benzene rings is 2. The van der Waals surface area contributed by atoms with Crippen LogP contribution in [0, 0.1) is 0 Å². The first-order valence-corrected chi connectivity index (χ1v) is 7.63. The molecule has 1 aliphatic rings. The highest BCUT2D eigenvalue weighted by Gasteiger charge is 2.24. The first-order valence-electron chi connectivity index (χ1n) is 6.46. The molecule has 0 bridgehead atoms. The summed E-state index contributed by atoms with van der Waals surface area (Å²) in [4.78, 5) is 0. The van der Waals surface area contributed by atoms with Gasteiger partial charge in [0.15, 0.2) is 0 Å². The molecule has 1 unspecified atom stereocenters. The summed E-state index contributed by atoms with van der Waals surface area (Å²) in [6.07, 6.45) is 1.20. The summed E-state index contributed by atoms with van der Waals surface area (Å²) in [5, 5.41) is 4.29. The Hall–Kier alpha value is -0.830. The third-order valence-electron chi connectivity index (χ3n) is 3.67. The monoisotopic (exact) mass is 335 g/mol. The Balaban J connectivity index is 1.53. The first kappa shape index (κ1) is 13.2. The van der Waals surface area contributed by atoms with Crippen LogP contribution in [0.15, 0.2) is 46.9 Å². The Bertz CT molecular complexity index is 597. The fourth-order valence-electron chi connectivity index (χ4n) is 2.59. The highest BCUT2D eigenvalue weighted by molar-refractivity contribution is 9.10. The van der Waals surface area contributed by atoms with E-state index in [0.29, 0.717) is 5.92 Å². The predicted octanol–water partition coefficient (Wildman–Crippen LogP) is 4.53. The van der Waals surface area contributed by atoms with Crippen molar-refractivity contribution >= 4 is 27.5 Å². The lowest BCUT2D eigenvalue weighted by Crippen LogP contribution is -2.28. The molecule has 0 heterocycles.